The molecule has 1 saturated heterocycles. The van der Waals surface area contributed by atoms with E-state index >= 15 is 0 Å². The van der Waals surface area contributed by atoms with Crippen molar-refractivity contribution in [1.82, 2.24) is 9.21 Å². The van der Waals surface area contributed by atoms with E-state index in [0.29, 0.717) is 44.7 Å². The first-order chi connectivity index (χ1) is 8.34. The molecular weight excluding hydrogens is 256 g/mol. The molecule has 6 nitrogen and oxygen atoms in total. The first kappa shape index (κ1) is 15.1. The Morgan fingerprint density at radius 2 is 1.83 bits per heavy atom. The minimum Gasteiger partial charge on any atom is -0.478 e. The fraction of sp³-hybridized carbons (Fsp3) is 0.727. The Balaban J connectivity index is 2.47. The first-order valence-corrected chi connectivity index (χ1v) is 7.79. The summed E-state index contributed by atoms with van der Waals surface area (Å²) >= 11 is 0. The quantitative estimate of drug-likeness (QED) is 0.714. The summed E-state index contributed by atoms with van der Waals surface area (Å²) in [4.78, 5) is 12.9. The van der Waals surface area contributed by atoms with Gasteiger partial charge >= 0.3 is 5.97 Å². The van der Waals surface area contributed by atoms with Gasteiger partial charge in [0.05, 0.1) is 6.26 Å². The van der Waals surface area contributed by atoms with Gasteiger partial charge in [0.2, 0.25) is 10.0 Å². The molecule has 0 saturated carbocycles. The molecule has 0 atom stereocenters. The predicted octanol–water partition coefficient (Wildman–Crippen LogP) is -0.0154. The highest BCUT2D eigenvalue weighted by Crippen LogP contribution is 2.07. The van der Waals surface area contributed by atoms with E-state index in [4.69, 9.17) is 5.11 Å². The molecule has 0 spiro atoms. The fourth-order valence-electron chi connectivity index (χ4n) is 1.87. The Morgan fingerprint density at radius 3 is 2.22 bits per heavy atom. The summed E-state index contributed by atoms with van der Waals surface area (Å²) in [6, 6.07) is 0. The van der Waals surface area contributed by atoms with Crippen LogP contribution in [-0.2, 0) is 14.8 Å². The molecule has 1 N–H and O–H groups in total. The molecule has 0 aromatic carbocycles. The molecule has 0 aliphatic carbocycles. The van der Waals surface area contributed by atoms with E-state index in [1.165, 1.54) is 10.6 Å². The van der Waals surface area contributed by atoms with Gasteiger partial charge in [0, 0.05) is 38.3 Å². The summed E-state index contributed by atoms with van der Waals surface area (Å²) < 4.78 is 24.1. The van der Waals surface area contributed by atoms with Gasteiger partial charge in [-0.25, -0.2) is 13.2 Å². The van der Waals surface area contributed by atoms with E-state index in [1.807, 2.05) is 6.92 Å². The molecule has 1 rings (SSSR count). The lowest BCUT2D eigenvalue weighted by Gasteiger charge is -2.32. The van der Waals surface area contributed by atoms with Gasteiger partial charge in [0.15, 0.2) is 0 Å². The van der Waals surface area contributed by atoms with Crippen LogP contribution in [0.3, 0.4) is 0 Å². The molecule has 1 aliphatic heterocycles. The second-order valence-corrected chi connectivity index (χ2v) is 6.33. The van der Waals surface area contributed by atoms with Crippen molar-refractivity contribution in [3.8, 4) is 0 Å². The van der Waals surface area contributed by atoms with E-state index in [9.17, 15) is 13.2 Å². The number of hydrogen-bond acceptors (Lipinski definition) is 4. The summed E-state index contributed by atoms with van der Waals surface area (Å²) in [5.41, 5.74) is 0.403. The Hall–Kier alpha value is -0.920. The third kappa shape index (κ3) is 4.40. The Morgan fingerprint density at radius 1 is 1.28 bits per heavy atom. The van der Waals surface area contributed by atoms with Crippen LogP contribution in [0.1, 0.15) is 13.3 Å². The Labute approximate surface area is 108 Å². The zero-order chi connectivity index (χ0) is 13.8. The van der Waals surface area contributed by atoms with Crippen molar-refractivity contribution in [2.24, 2.45) is 0 Å². The highest BCUT2D eigenvalue weighted by Gasteiger charge is 2.22. The van der Waals surface area contributed by atoms with E-state index in [1.54, 1.807) is 6.08 Å². The molecule has 18 heavy (non-hydrogen) atoms. The number of rotatable bonds is 5. The van der Waals surface area contributed by atoms with Crippen molar-refractivity contribution >= 4 is 16.0 Å². The molecule has 0 radical (unpaired) electrons. The maximum Gasteiger partial charge on any atom is 0.331 e. The van der Waals surface area contributed by atoms with Gasteiger partial charge in [-0.05, 0) is 6.42 Å². The normalized spacial score (nSPS) is 20.0. The van der Waals surface area contributed by atoms with Crippen LogP contribution in [0, 0.1) is 0 Å². The number of hydrogen-bond donors (Lipinski definition) is 1. The predicted molar refractivity (Wildman–Crippen MR) is 68.9 cm³/mol. The minimum atomic E-state index is -3.10. The lowest BCUT2D eigenvalue weighted by atomic mass is 10.2. The molecular formula is C11H20N2O4S. The van der Waals surface area contributed by atoms with Crippen LogP contribution in [0.2, 0.25) is 0 Å². The number of piperazine rings is 1. The van der Waals surface area contributed by atoms with E-state index in [-0.39, 0.29) is 0 Å². The Kier molecular flexibility index (Phi) is 5.30. The largest absolute Gasteiger partial charge is 0.478 e. The standard InChI is InChI=1S/C11H20N2O4S/c1-3-10(11(14)15)4-5-12-6-8-13(9-7-12)18(2,16)17/h4H,3,5-9H2,1-2H3,(H,14,15). The summed E-state index contributed by atoms with van der Waals surface area (Å²) in [6.07, 6.45) is 3.42. The molecule has 0 amide bonds. The van der Waals surface area contributed by atoms with Crippen LogP contribution in [-0.4, -0.2) is 67.7 Å². The van der Waals surface area contributed by atoms with Crippen LogP contribution >= 0.6 is 0 Å². The van der Waals surface area contributed by atoms with Crippen molar-refractivity contribution in [3.63, 3.8) is 0 Å². The van der Waals surface area contributed by atoms with Crippen LogP contribution in [0.4, 0.5) is 0 Å². The fourth-order valence-corrected chi connectivity index (χ4v) is 2.69. The number of nitrogens with zero attached hydrogens (tertiary/aromatic N) is 2. The number of aliphatic carboxylic acids is 1. The monoisotopic (exact) mass is 276 g/mol. The first-order valence-electron chi connectivity index (χ1n) is 5.94. The highest BCUT2D eigenvalue weighted by atomic mass is 32.2. The summed E-state index contributed by atoms with van der Waals surface area (Å²) in [5.74, 6) is -0.882. The van der Waals surface area contributed by atoms with E-state index < -0.39 is 16.0 Å². The van der Waals surface area contributed by atoms with Crippen molar-refractivity contribution in [3.05, 3.63) is 11.6 Å². The van der Waals surface area contributed by atoms with Crippen molar-refractivity contribution in [2.45, 2.75) is 13.3 Å². The maximum atomic E-state index is 11.3. The second kappa shape index (κ2) is 6.31. The molecule has 0 aromatic rings. The van der Waals surface area contributed by atoms with E-state index in [2.05, 4.69) is 4.90 Å². The summed E-state index contributed by atoms with van der Waals surface area (Å²) in [6.45, 7) is 4.59. The van der Waals surface area contributed by atoms with Gasteiger partial charge in [0.1, 0.15) is 0 Å². The molecule has 0 aromatic heterocycles. The molecule has 0 unspecified atom stereocenters. The molecule has 104 valence electrons. The topological polar surface area (TPSA) is 77.9 Å². The number of carbonyl (C=O) groups is 1. The average Bonchev–Trinajstić information content (AvgIpc) is 2.29. The van der Waals surface area contributed by atoms with Gasteiger partial charge in [0.25, 0.3) is 0 Å². The number of carboxylic acid groups (broad SMARTS) is 1. The molecule has 7 heteroatoms. The molecule has 1 aliphatic rings. The van der Waals surface area contributed by atoms with E-state index in [0.717, 1.165) is 0 Å². The average molecular weight is 276 g/mol. The smallest absolute Gasteiger partial charge is 0.331 e. The van der Waals surface area contributed by atoms with Crippen LogP contribution in [0.25, 0.3) is 0 Å². The molecule has 1 heterocycles. The maximum absolute atomic E-state index is 11.3. The number of carboxylic acids is 1. The third-order valence-corrected chi connectivity index (χ3v) is 4.35. The third-order valence-electron chi connectivity index (χ3n) is 3.05. The Bertz CT molecular complexity index is 422. The van der Waals surface area contributed by atoms with Crippen molar-refractivity contribution in [2.75, 3.05) is 39.0 Å². The van der Waals surface area contributed by atoms with Crippen LogP contribution in [0.15, 0.2) is 11.6 Å². The summed E-state index contributed by atoms with van der Waals surface area (Å²) in [5, 5.41) is 8.88. The van der Waals surface area contributed by atoms with Gasteiger partial charge in [-0.3, -0.25) is 4.90 Å². The second-order valence-electron chi connectivity index (χ2n) is 4.35. The lowest BCUT2D eigenvalue weighted by molar-refractivity contribution is -0.132. The van der Waals surface area contributed by atoms with Gasteiger partial charge in [-0.1, -0.05) is 13.0 Å². The van der Waals surface area contributed by atoms with Crippen LogP contribution in [0.5, 0.6) is 0 Å². The summed E-state index contributed by atoms with van der Waals surface area (Å²) in [7, 11) is -3.10. The van der Waals surface area contributed by atoms with Crippen molar-refractivity contribution in [1.29, 1.82) is 0 Å². The highest BCUT2D eigenvalue weighted by molar-refractivity contribution is 7.88. The lowest BCUT2D eigenvalue weighted by Crippen LogP contribution is -2.48. The molecule has 0 bridgehead atoms. The zero-order valence-electron chi connectivity index (χ0n) is 10.8. The molecule has 1 fully saturated rings. The zero-order valence-corrected chi connectivity index (χ0v) is 11.6. The minimum absolute atomic E-state index is 0.403. The van der Waals surface area contributed by atoms with Crippen LogP contribution < -0.4 is 0 Å². The van der Waals surface area contributed by atoms with Crippen molar-refractivity contribution < 1.29 is 18.3 Å². The van der Waals surface area contributed by atoms with Gasteiger partial charge in [-0.15, -0.1) is 0 Å². The van der Waals surface area contributed by atoms with Gasteiger partial charge in [-0.2, -0.15) is 4.31 Å². The van der Waals surface area contributed by atoms with Gasteiger partial charge < -0.3 is 5.11 Å². The number of sulfonamides is 1. The SMILES string of the molecule is CCC(=CCN1CCN(S(C)(=O)=O)CC1)C(=O)O.